The van der Waals surface area contributed by atoms with Gasteiger partial charge >= 0.3 is 0 Å². The van der Waals surface area contributed by atoms with E-state index in [1.165, 1.54) is 25.7 Å². The molecule has 1 aromatic carbocycles. The van der Waals surface area contributed by atoms with Crippen molar-refractivity contribution >= 4 is 5.78 Å². The van der Waals surface area contributed by atoms with Crippen molar-refractivity contribution in [1.82, 2.24) is 5.32 Å². The fourth-order valence-corrected chi connectivity index (χ4v) is 4.04. The lowest BCUT2D eigenvalue weighted by Crippen LogP contribution is -2.39. The van der Waals surface area contributed by atoms with Crippen LogP contribution < -0.4 is 5.32 Å². The van der Waals surface area contributed by atoms with Crippen LogP contribution in [0, 0.1) is 17.8 Å². The Morgan fingerprint density at radius 3 is 2.68 bits per heavy atom. The molecule has 1 aromatic rings. The van der Waals surface area contributed by atoms with Crippen molar-refractivity contribution in [3.05, 3.63) is 35.9 Å². The van der Waals surface area contributed by atoms with Crippen LogP contribution >= 0.6 is 0 Å². The summed E-state index contributed by atoms with van der Waals surface area (Å²) in [6.07, 6.45) is 5.66. The standard InChI is InChI=1S/C17H23NO/c1-12(16-10-13-7-8-15(16)9-13)18-11-17(19)14-5-3-2-4-6-14/h2-6,12-13,15-16,18H,7-11H2,1H3. The van der Waals surface area contributed by atoms with Crippen LogP contribution in [0.1, 0.15) is 43.0 Å². The Kier molecular flexibility index (Phi) is 3.69. The lowest BCUT2D eigenvalue weighted by Gasteiger charge is -2.28. The Bertz CT molecular complexity index is 442. The third-order valence-electron chi connectivity index (χ3n) is 5.12. The predicted octanol–water partition coefficient (Wildman–Crippen LogP) is 3.28. The van der Waals surface area contributed by atoms with Crippen LogP contribution in [-0.2, 0) is 0 Å². The van der Waals surface area contributed by atoms with E-state index >= 15 is 0 Å². The minimum absolute atomic E-state index is 0.204. The number of Topliss-reactive ketones (excluding diaryl/α,β-unsaturated/α-hetero) is 1. The van der Waals surface area contributed by atoms with Crippen LogP contribution in [0.15, 0.2) is 30.3 Å². The first-order valence-electron chi connectivity index (χ1n) is 7.55. The molecular formula is C17H23NO. The molecule has 3 rings (SSSR count). The molecule has 19 heavy (non-hydrogen) atoms. The van der Waals surface area contributed by atoms with Gasteiger partial charge in [-0.25, -0.2) is 0 Å². The summed E-state index contributed by atoms with van der Waals surface area (Å²) in [4.78, 5) is 12.1. The van der Waals surface area contributed by atoms with E-state index in [0.717, 1.165) is 23.3 Å². The minimum Gasteiger partial charge on any atom is -0.307 e. The maximum atomic E-state index is 12.1. The first-order chi connectivity index (χ1) is 9.24. The van der Waals surface area contributed by atoms with Gasteiger partial charge in [-0.15, -0.1) is 0 Å². The van der Waals surface area contributed by atoms with Crippen molar-refractivity contribution in [1.29, 1.82) is 0 Å². The normalized spacial score (nSPS) is 30.5. The lowest BCUT2D eigenvalue weighted by molar-refractivity contribution is 0.0981. The second-order valence-corrected chi connectivity index (χ2v) is 6.30. The first-order valence-corrected chi connectivity index (χ1v) is 7.55. The van der Waals surface area contributed by atoms with E-state index < -0.39 is 0 Å². The number of ketones is 1. The highest BCUT2D eigenvalue weighted by molar-refractivity contribution is 5.97. The van der Waals surface area contributed by atoms with Crippen LogP contribution in [0.25, 0.3) is 0 Å². The second-order valence-electron chi connectivity index (χ2n) is 6.30. The van der Waals surface area contributed by atoms with Gasteiger partial charge in [-0.1, -0.05) is 36.8 Å². The Labute approximate surface area is 115 Å². The van der Waals surface area contributed by atoms with Crippen molar-refractivity contribution in [2.24, 2.45) is 17.8 Å². The van der Waals surface area contributed by atoms with Gasteiger partial charge in [0.15, 0.2) is 5.78 Å². The van der Waals surface area contributed by atoms with Crippen molar-refractivity contribution in [3.63, 3.8) is 0 Å². The van der Waals surface area contributed by atoms with Gasteiger partial charge in [-0.05, 0) is 43.9 Å². The largest absolute Gasteiger partial charge is 0.307 e. The van der Waals surface area contributed by atoms with Crippen molar-refractivity contribution in [2.75, 3.05) is 6.54 Å². The van der Waals surface area contributed by atoms with Crippen molar-refractivity contribution in [2.45, 2.75) is 38.6 Å². The quantitative estimate of drug-likeness (QED) is 0.820. The first kappa shape index (κ1) is 12.9. The molecule has 0 heterocycles. The summed E-state index contributed by atoms with van der Waals surface area (Å²) in [5, 5.41) is 3.46. The maximum absolute atomic E-state index is 12.1. The van der Waals surface area contributed by atoms with Crippen LogP contribution in [-0.4, -0.2) is 18.4 Å². The zero-order valence-electron chi connectivity index (χ0n) is 11.6. The Balaban J connectivity index is 1.51. The van der Waals surface area contributed by atoms with E-state index in [1.54, 1.807) is 0 Å². The Morgan fingerprint density at radius 1 is 1.26 bits per heavy atom. The molecule has 2 bridgehead atoms. The topological polar surface area (TPSA) is 29.1 Å². The minimum atomic E-state index is 0.204. The Morgan fingerprint density at radius 2 is 2.05 bits per heavy atom. The molecule has 1 N–H and O–H groups in total. The van der Waals surface area contributed by atoms with Crippen LogP contribution in [0.3, 0.4) is 0 Å². The number of carbonyl (C=O) groups excluding carboxylic acids is 1. The molecule has 2 aliphatic carbocycles. The van der Waals surface area contributed by atoms with Gasteiger partial charge in [0.05, 0.1) is 6.54 Å². The van der Waals surface area contributed by atoms with Crippen LogP contribution in [0.4, 0.5) is 0 Å². The van der Waals surface area contributed by atoms with E-state index in [2.05, 4.69) is 12.2 Å². The number of benzene rings is 1. The van der Waals surface area contributed by atoms with E-state index in [-0.39, 0.29) is 5.78 Å². The molecule has 102 valence electrons. The molecule has 0 saturated heterocycles. The van der Waals surface area contributed by atoms with E-state index in [4.69, 9.17) is 0 Å². The predicted molar refractivity (Wildman–Crippen MR) is 77.2 cm³/mol. The summed E-state index contributed by atoms with van der Waals surface area (Å²) in [5.74, 6) is 2.89. The summed E-state index contributed by atoms with van der Waals surface area (Å²) in [5.41, 5.74) is 0.815. The van der Waals surface area contributed by atoms with Gasteiger partial charge in [0.25, 0.3) is 0 Å². The van der Waals surface area contributed by atoms with Crippen LogP contribution in [0.5, 0.6) is 0 Å². The highest BCUT2D eigenvalue weighted by Crippen LogP contribution is 2.49. The fourth-order valence-electron chi connectivity index (χ4n) is 4.04. The summed E-state index contributed by atoms with van der Waals surface area (Å²) < 4.78 is 0. The number of hydrogen-bond acceptors (Lipinski definition) is 2. The lowest BCUT2D eigenvalue weighted by atomic mass is 9.84. The fraction of sp³-hybridized carbons (Fsp3) is 0.588. The number of carbonyl (C=O) groups is 1. The maximum Gasteiger partial charge on any atom is 0.176 e. The number of fused-ring (bicyclic) bond motifs is 2. The molecule has 0 spiro atoms. The molecular weight excluding hydrogens is 234 g/mol. The molecule has 0 radical (unpaired) electrons. The molecule has 0 aromatic heterocycles. The molecule has 2 aliphatic rings. The highest BCUT2D eigenvalue weighted by atomic mass is 16.1. The average molecular weight is 257 g/mol. The third kappa shape index (κ3) is 2.74. The zero-order valence-corrected chi connectivity index (χ0v) is 11.6. The van der Waals surface area contributed by atoms with E-state index in [0.29, 0.717) is 12.6 Å². The summed E-state index contributed by atoms with van der Waals surface area (Å²) in [6, 6.07) is 10.1. The molecule has 4 unspecified atom stereocenters. The van der Waals surface area contributed by atoms with E-state index in [9.17, 15) is 4.79 Å². The molecule has 2 fully saturated rings. The molecule has 0 amide bonds. The van der Waals surface area contributed by atoms with Gasteiger partial charge in [0, 0.05) is 11.6 Å². The molecule has 0 aliphatic heterocycles. The second kappa shape index (κ2) is 5.46. The average Bonchev–Trinajstić information content (AvgIpc) is 3.08. The van der Waals surface area contributed by atoms with Gasteiger partial charge in [0.2, 0.25) is 0 Å². The SMILES string of the molecule is CC(NCC(=O)c1ccccc1)C1CC2CCC1C2. The van der Waals surface area contributed by atoms with Gasteiger partial charge in [-0.2, -0.15) is 0 Å². The monoisotopic (exact) mass is 257 g/mol. The van der Waals surface area contributed by atoms with Crippen LogP contribution in [0.2, 0.25) is 0 Å². The zero-order chi connectivity index (χ0) is 13.2. The third-order valence-corrected chi connectivity index (χ3v) is 5.12. The number of nitrogens with one attached hydrogen (secondary N) is 1. The molecule has 4 atom stereocenters. The van der Waals surface area contributed by atoms with Gasteiger partial charge in [0.1, 0.15) is 0 Å². The smallest absolute Gasteiger partial charge is 0.176 e. The molecule has 2 nitrogen and oxygen atoms in total. The molecule has 2 saturated carbocycles. The van der Waals surface area contributed by atoms with E-state index in [1.807, 2.05) is 30.3 Å². The number of rotatable bonds is 5. The Hall–Kier alpha value is -1.15. The molecule has 2 heteroatoms. The van der Waals surface area contributed by atoms with Gasteiger partial charge in [-0.3, -0.25) is 4.79 Å². The summed E-state index contributed by atoms with van der Waals surface area (Å²) in [6.45, 7) is 2.72. The van der Waals surface area contributed by atoms with Gasteiger partial charge < -0.3 is 5.32 Å². The summed E-state index contributed by atoms with van der Waals surface area (Å²) in [7, 11) is 0. The summed E-state index contributed by atoms with van der Waals surface area (Å²) >= 11 is 0. The van der Waals surface area contributed by atoms with Crippen molar-refractivity contribution in [3.8, 4) is 0 Å². The van der Waals surface area contributed by atoms with Crippen molar-refractivity contribution < 1.29 is 4.79 Å². The highest BCUT2D eigenvalue weighted by Gasteiger charge is 2.41. The number of hydrogen-bond donors (Lipinski definition) is 1.